The Morgan fingerprint density at radius 2 is 1.45 bits per heavy atom. The summed E-state index contributed by atoms with van der Waals surface area (Å²) in [6.45, 7) is 2.02. The van der Waals surface area contributed by atoms with Gasteiger partial charge in [-0.1, -0.05) is 12.1 Å². The Balaban J connectivity index is 2.16. The van der Waals surface area contributed by atoms with Gasteiger partial charge in [-0.25, -0.2) is 0 Å². The van der Waals surface area contributed by atoms with Gasteiger partial charge >= 0.3 is 0 Å². The Hall–Kier alpha value is -2.36. The molecule has 1 N–H and O–H groups in total. The van der Waals surface area contributed by atoms with Gasteiger partial charge in [-0.15, -0.1) is 0 Å². The maximum atomic E-state index is 9.99. The van der Waals surface area contributed by atoms with Crippen LogP contribution in [0.5, 0.6) is 23.0 Å². The molecular weight excluding hydrogens is 280 g/mol. The number of benzene rings is 2. The third kappa shape index (κ3) is 3.45. The molecule has 2 aromatic carbocycles. The second-order valence-corrected chi connectivity index (χ2v) is 5.15. The molecule has 0 atom stereocenters. The molecule has 4 nitrogen and oxygen atoms in total. The minimum atomic E-state index is 0.0957. The molecule has 0 aliphatic heterocycles. The predicted molar refractivity (Wildman–Crippen MR) is 86.3 cm³/mol. The van der Waals surface area contributed by atoms with Crippen LogP contribution >= 0.6 is 0 Å². The zero-order valence-corrected chi connectivity index (χ0v) is 13.5. The van der Waals surface area contributed by atoms with Gasteiger partial charge in [-0.2, -0.15) is 0 Å². The van der Waals surface area contributed by atoms with E-state index in [0.717, 1.165) is 29.7 Å². The summed E-state index contributed by atoms with van der Waals surface area (Å²) in [4.78, 5) is 0. The van der Waals surface area contributed by atoms with Crippen LogP contribution in [0.25, 0.3) is 0 Å². The predicted octanol–water partition coefficient (Wildman–Crippen LogP) is 3.51. The molecule has 0 aliphatic rings. The molecule has 0 radical (unpaired) electrons. The van der Waals surface area contributed by atoms with Gasteiger partial charge in [0.15, 0.2) is 11.5 Å². The standard InChI is InChI=1S/C18H22O4/c1-12-5-6-13(10-16(12)20-2)7-8-14-9-15(19)18(22-4)17(11-14)21-3/h5-6,9-11,19H,7-8H2,1-4H3. The Labute approximate surface area is 131 Å². The average molecular weight is 302 g/mol. The summed E-state index contributed by atoms with van der Waals surface area (Å²) in [7, 11) is 4.75. The van der Waals surface area contributed by atoms with Crippen LogP contribution in [0.3, 0.4) is 0 Å². The largest absolute Gasteiger partial charge is 0.504 e. The normalized spacial score (nSPS) is 10.4. The van der Waals surface area contributed by atoms with Gasteiger partial charge in [0.05, 0.1) is 21.3 Å². The summed E-state index contributed by atoms with van der Waals surface area (Å²) in [5, 5.41) is 9.99. The minimum Gasteiger partial charge on any atom is -0.504 e. The lowest BCUT2D eigenvalue weighted by Gasteiger charge is -2.12. The van der Waals surface area contributed by atoms with Crippen LogP contribution in [0.4, 0.5) is 0 Å². The highest BCUT2D eigenvalue weighted by atomic mass is 16.5. The van der Waals surface area contributed by atoms with Gasteiger partial charge < -0.3 is 19.3 Å². The van der Waals surface area contributed by atoms with Crippen molar-refractivity contribution >= 4 is 0 Å². The lowest BCUT2D eigenvalue weighted by atomic mass is 10.0. The molecule has 0 aromatic heterocycles. The minimum absolute atomic E-state index is 0.0957. The number of aryl methyl sites for hydroxylation is 3. The fourth-order valence-corrected chi connectivity index (χ4v) is 2.45. The van der Waals surface area contributed by atoms with Gasteiger partial charge in [0.2, 0.25) is 5.75 Å². The number of hydrogen-bond donors (Lipinski definition) is 1. The topological polar surface area (TPSA) is 47.9 Å². The van der Waals surface area contributed by atoms with Crippen LogP contribution in [0.2, 0.25) is 0 Å². The Bertz CT molecular complexity index is 650. The maximum absolute atomic E-state index is 9.99. The highest BCUT2D eigenvalue weighted by Gasteiger charge is 2.11. The van der Waals surface area contributed by atoms with E-state index in [1.807, 2.05) is 13.0 Å². The number of hydrogen-bond acceptors (Lipinski definition) is 4. The SMILES string of the molecule is COc1cc(CCc2cc(O)c(OC)c(OC)c2)ccc1C. The lowest BCUT2D eigenvalue weighted by molar-refractivity contribution is 0.332. The first-order valence-corrected chi connectivity index (χ1v) is 7.16. The molecule has 0 saturated heterocycles. The van der Waals surface area contributed by atoms with Crippen molar-refractivity contribution in [3.63, 3.8) is 0 Å². The maximum Gasteiger partial charge on any atom is 0.203 e. The molecule has 2 rings (SSSR count). The van der Waals surface area contributed by atoms with Gasteiger partial charge in [0.1, 0.15) is 5.75 Å². The van der Waals surface area contributed by atoms with E-state index in [0.29, 0.717) is 11.5 Å². The quantitative estimate of drug-likeness (QED) is 0.887. The fourth-order valence-electron chi connectivity index (χ4n) is 2.45. The molecule has 22 heavy (non-hydrogen) atoms. The van der Waals surface area contributed by atoms with Gasteiger partial charge in [0.25, 0.3) is 0 Å². The number of ether oxygens (including phenoxy) is 3. The lowest BCUT2D eigenvalue weighted by Crippen LogP contribution is -1.97. The molecule has 0 amide bonds. The molecule has 0 saturated carbocycles. The molecular formula is C18H22O4. The van der Waals surface area contributed by atoms with Crippen molar-refractivity contribution in [3.8, 4) is 23.0 Å². The smallest absolute Gasteiger partial charge is 0.203 e. The molecule has 118 valence electrons. The van der Waals surface area contributed by atoms with Crippen molar-refractivity contribution in [2.75, 3.05) is 21.3 Å². The molecule has 0 aliphatic carbocycles. The van der Waals surface area contributed by atoms with Crippen LogP contribution in [0.15, 0.2) is 30.3 Å². The molecule has 0 bridgehead atoms. The van der Waals surface area contributed by atoms with E-state index >= 15 is 0 Å². The van der Waals surface area contributed by atoms with Gasteiger partial charge in [0, 0.05) is 0 Å². The highest BCUT2D eigenvalue weighted by Crippen LogP contribution is 2.37. The second kappa shape index (κ2) is 7.07. The van der Waals surface area contributed by atoms with Crippen LogP contribution in [0.1, 0.15) is 16.7 Å². The van der Waals surface area contributed by atoms with Crippen LogP contribution in [-0.2, 0) is 12.8 Å². The van der Waals surface area contributed by atoms with Crippen molar-refractivity contribution in [2.24, 2.45) is 0 Å². The van der Waals surface area contributed by atoms with Gasteiger partial charge in [-0.05, 0) is 54.7 Å². The van der Waals surface area contributed by atoms with Crippen molar-refractivity contribution in [3.05, 3.63) is 47.0 Å². The van der Waals surface area contributed by atoms with E-state index in [1.54, 1.807) is 20.3 Å². The number of aromatic hydroxyl groups is 1. The third-order valence-corrected chi connectivity index (χ3v) is 3.69. The van der Waals surface area contributed by atoms with Crippen molar-refractivity contribution < 1.29 is 19.3 Å². The molecule has 0 heterocycles. The number of phenols is 1. The summed E-state index contributed by atoms with van der Waals surface area (Å²) in [6, 6.07) is 9.81. The van der Waals surface area contributed by atoms with E-state index in [-0.39, 0.29) is 5.75 Å². The number of rotatable bonds is 6. The fraction of sp³-hybridized carbons (Fsp3) is 0.333. The van der Waals surface area contributed by atoms with E-state index in [4.69, 9.17) is 14.2 Å². The first kappa shape index (κ1) is 16.0. The van der Waals surface area contributed by atoms with Crippen LogP contribution < -0.4 is 14.2 Å². The summed E-state index contributed by atoms with van der Waals surface area (Å²) in [6.07, 6.45) is 1.64. The highest BCUT2D eigenvalue weighted by molar-refractivity contribution is 5.53. The van der Waals surface area contributed by atoms with E-state index in [2.05, 4.69) is 18.2 Å². The molecule has 0 spiro atoms. The van der Waals surface area contributed by atoms with E-state index in [1.165, 1.54) is 12.7 Å². The zero-order valence-electron chi connectivity index (χ0n) is 13.5. The van der Waals surface area contributed by atoms with Crippen molar-refractivity contribution in [2.45, 2.75) is 19.8 Å². The Kier molecular flexibility index (Phi) is 5.15. The first-order valence-electron chi connectivity index (χ1n) is 7.16. The van der Waals surface area contributed by atoms with E-state index in [9.17, 15) is 5.11 Å². The molecule has 0 unspecified atom stereocenters. The van der Waals surface area contributed by atoms with Crippen molar-refractivity contribution in [1.82, 2.24) is 0 Å². The van der Waals surface area contributed by atoms with Crippen LogP contribution in [-0.4, -0.2) is 26.4 Å². The Morgan fingerprint density at radius 1 is 0.818 bits per heavy atom. The first-order chi connectivity index (χ1) is 10.6. The monoisotopic (exact) mass is 302 g/mol. The average Bonchev–Trinajstić information content (AvgIpc) is 2.53. The van der Waals surface area contributed by atoms with Gasteiger partial charge in [-0.3, -0.25) is 0 Å². The zero-order chi connectivity index (χ0) is 16.1. The molecule has 0 fully saturated rings. The summed E-state index contributed by atoms with van der Waals surface area (Å²) in [5.74, 6) is 1.90. The number of methoxy groups -OCH3 is 3. The second-order valence-electron chi connectivity index (χ2n) is 5.15. The molecule has 4 heteroatoms. The van der Waals surface area contributed by atoms with E-state index < -0.39 is 0 Å². The summed E-state index contributed by atoms with van der Waals surface area (Å²) < 4.78 is 15.7. The summed E-state index contributed by atoms with van der Waals surface area (Å²) in [5.41, 5.74) is 3.31. The van der Waals surface area contributed by atoms with Crippen molar-refractivity contribution in [1.29, 1.82) is 0 Å². The summed E-state index contributed by atoms with van der Waals surface area (Å²) >= 11 is 0. The number of phenolic OH excluding ortho intramolecular Hbond substituents is 1. The van der Waals surface area contributed by atoms with Crippen LogP contribution in [0, 0.1) is 6.92 Å². The molecule has 2 aromatic rings. The third-order valence-electron chi connectivity index (χ3n) is 3.69. The Morgan fingerprint density at radius 3 is 2.09 bits per heavy atom.